The van der Waals surface area contributed by atoms with Gasteiger partial charge in [-0.3, -0.25) is 4.57 Å². The Morgan fingerprint density at radius 3 is 2.92 bits per heavy atom. The molecule has 0 aliphatic rings. The summed E-state index contributed by atoms with van der Waals surface area (Å²) in [6, 6.07) is 6.90. The van der Waals surface area contributed by atoms with Crippen molar-refractivity contribution in [3.05, 3.63) is 42.7 Å². The van der Waals surface area contributed by atoms with Gasteiger partial charge in [0.2, 0.25) is 5.13 Å². The van der Waals surface area contributed by atoms with Gasteiger partial charge in [0.1, 0.15) is 5.82 Å². The molecule has 2 heterocycles. The molecule has 3 aromatic rings. The van der Waals surface area contributed by atoms with E-state index in [1.54, 1.807) is 30.3 Å². The molecule has 0 radical (unpaired) electrons. The summed E-state index contributed by atoms with van der Waals surface area (Å²) >= 11 is 2.73. The van der Waals surface area contributed by atoms with Gasteiger partial charge in [-0.05, 0) is 19.1 Å². The standard InChI is InChI=1S/C15H15F2N5S2/c1-3-8-18-14-20-21-15(24-14)23-9(2)12-19-10-6-4-5-7-11(10)22(12)13(16)17/h3-7,9,13H,1,8H2,2H3,(H,18,20)/t9-/m1/s1. The lowest BCUT2D eigenvalue weighted by Crippen LogP contribution is -2.06. The number of alkyl halides is 2. The Labute approximate surface area is 145 Å². The molecule has 9 heteroatoms. The average molecular weight is 367 g/mol. The number of halogens is 2. The number of hydrogen-bond donors (Lipinski definition) is 1. The Morgan fingerprint density at radius 2 is 2.17 bits per heavy atom. The van der Waals surface area contributed by atoms with E-state index >= 15 is 0 Å². The van der Waals surface area contributed by atoms with Gasteiger partial charge in [0.15, 0.2) is 4.34 Å². The highest BCUT2D eigenvalue weighted by molar-refractivity contribution is 8.01. The molecule has 1 N–H and O–H groups in total. The maximum Gasteiger partial charge on any atom is 0.320 e. The molecule has 3 rings (SSSR count). The van der Waals surface area contributed by atoms with E-state index in [0.717, 1.165) is 4.57 Å². The topological polar surface area (TPSA) is 55.6 Å². The van der Waals surface area contributed by atoms with E-state index in [9.17, 15) is 8.78 Å². The van der Waals surface area contributed by atoms with Crippen molar-refractivity contribution < 1.29 is 8.78 Å². The Bertz CT molecular complexity index is 845. The van der Waals surface area contributed by atoms with E-state index in [-0.39, 0.29) is 5.25 Å². The molecular formula is C15H15F2N5S2. The first-order valence-corrected chi connectivity index (χ1v) is 8.89. The normalized spacial score (nSPS) is 12.7. The van der Waals surface area contributed by atoms with Crippen molar-refractivity contribution in [2.45, 2.75) is 23.1 Å². The third-order valence-electron chi connectivity index (χ3n) is 3.26. The van der Waals surface area contributed by atoms with Gasteiger partial charge in [-0.1, -0.05) is 41.3 Å². The number of thioether (sulfide) groups is 1. The molecule has 0 aliphatic carbocycles. The van der Waals surface area contributed by atoms with Crippen LogP contribution in [0.25, 0.3) is 11.0 Å². The number of nitrogens with one attached hydrogen (secondary N) is 1. The zero-order chi connectivity index (χ0) is 17.1. The predicted octanol–water partition coefficient (Wildman–Crippen LogP) is 4.73. The van der Waals surface area contributed by atoms with E-state index in [1.807, 2.05) is 6.92 Å². The highest BCUT2D eigenvalue weighted by Crippen LogP contribution is 2.39. The second-order valence-corrected chi connectivity index (χ2v) is 7.47. The first kappa shape index (κ1) is 16.8. The molecule has 0 saturated heterocycles. The third-order valence-corrected chi connectivity index (χ3v) is 5.33. The van der Waals surface area contributed by atoms with Crippen LogP contribution in [0.15, 0.2) is 41.3 Å². The summed E-state index contributed by atoms with van der Waals surface area (Å²) in [4.78, 5) is 4.38. The lowest BCUT2D eigenvalue weighted by Gasteiger charge is -2.12. The molecule has 0 bridgehead atoms. The summed E-state index contributed by atoms with van der Waals surface area (Å²) in [7, 11) is 0. The highest BCUT2D eigenvalue weighted by atomic mass is 32.2. The Balaban J connectivity index is 1.85. The second kappa shape index (κ2) is 7.27. The minimum atomic E-state index is -2.64. The number of para-hydroxylation sites is 2. The zero-order valence-corrected chi connectivity index (χ0v) is 14.4. The van der Waals surface area contributed by atoms with Crippen LogP contribution in [0, 0.1) is 0 Å². The Hall–Kier alpha value is -2.00. The second-order valence-electron chi connectivity index (χ2n) is 4.91. The maximum atomic E-state index is 13.5. The van der Waals surface area contributed by atoms with E-state index < -0.39 is 6.55 Å². The number of hydrogen-bond acceptors (Lipinski definition) is 6. The molecular weight excluding hydrogens is 352 g/mol. The molecule has 0 spiro atoms. The van der Waals surface area contributed by atoms with Crippen molar-refractivity contribution in [3.63, 3.8) is 0 Å². The summed E-state index contributed by atoms with van der Waals surface area (Å²) in [6.07, 6.45) is 1.72. The molecule has 0 amide bonds. The van der Waals surface area contributed by atoms with Gasteiger partial charge in [0.05, 0.1) is 16.3 Å². The van der Waals surface area contributed by atoms with Crippen molar-refractivity contribution in [2.24, 2.45) is 0 Å². The van der Waals surface area contributed by atoms with Crippen LogP contribution in [0.2, 0.25) is 0 Å². The highest BCUT2D eigenvalue weighted by Gasteiger charge is 2.23. The fourth-order valence-electron chi connectivity index (χ4n) is 2.25. The Kier molecular flexibility index (Phi) is 5.10. The largest absolute Gasteiger partial charge is 0.357 e. The van der Waals surface area contributed by atoms with Gasteiger partial charge in [0.25, 0.3) is 0 Å². The van der Waals surface area contributed by atoms with E-state index in [4.69, 9.17) is 0 Å². The first-order chi connectivity index (χ1) is 11.6. The molecule has 24 heavy (non-hydrogen) atoms. The zero-order valence-electron chi connectivity index (χ0n) is 12.8. The monoisotopic (exact) mass is 367 g/mol. The number of anilines is 1. The molecule has 1 aromatic carbocycles. The van der Waals surface area contributed by atoms with Crippen LogP contribution in [-0.4, -0.2) is 26.3 Å². The van der Waals surface area contributed by atoms with Crippen LogP contribution in [0.5, 0.6) is 0 Å². The van der Waals surface area contributed by atoms with Crippen molar-refractivity contribution in [1.82, 2.24) is 19.7 Å². The molecule has 0 unspecified atom stereocenters. The van der Waals surface area contributed by atoms with E-state index in [2.05, 4.69) is 27.1 Å². The van der Waals surface area contributed by atoms with Gasteiger partial charge in [-0.15, -0.1) is 16.8 Å². The molecule has 0 saturated carbocycles. The fraction of sp³-hybridized carbons (Fsp3) is 0.267. The summed E-state index contributed by atoms with van der Waals surface area (Å²) in [6.45, 7) is 3.41. The van der Waals surface area contributed by atoms with E-state index in [1.165, 1.54) is 23.1 Å². The fourth-order valence-corrected chi connectivity index (χ4v) is 4.26. The van der Waals surface area contributed by atoms with Crippen molar-refractivity contribution in [2.75, 3.05) is 11.9 Å². The number of benzene rings is 1. The number of imidazole rings is 1. The quantitative estimate of drug-likeness (QED) is 0.483. The van der Waals surface area contributed by atoms with Crippen LogP contribution in [0.1, 0.15) is 24.5 Å². The van der Waals surface area contributed by atoms with Gasteiger partial charge < -0.3 is 5.32 Å². The van der Waals surface area contributed by atoms with Crippen LogP contribution in [0.4, 0.5) is 13.9 Å². The van der Waals surface area contributed by atoms with Crippen LogP contribution in [-0.2, 0) is 0 Å². The molecule has 1 atom stereocenters. The molecule has 0 aliphatic heterocycles. The Morgan fingerprint density at radius 1 is 1.38 bits per heavy atom. The van der Waals surface area contributed by atoms with E-state index in [0.29, 0.717) is 32.9 Å². The molecule has 2 aromatic heterocycles. The SMILES string of the molecule is C=CCNc1nnc(S[C@H](C)c2nc3ccccc3n2C(F)F)s1. The molecule has 0 fully saturated rings. The summed E-state index contributed by atoms with van der Waals surface area (Å²) in [5.74, 6) is 0.326. The lowest BCUT2D eigenvalue weighted by atomic mass is 10.3. The van der Waals surface area contributed by atoms with Gasteiger partial charge >= 0.3 is 6.55 Å². The first-order valence-electron chi connectivity index (χ1n) is 7.20. The molecule has 126 valence electrons. The van der Waals surface area contributed by atoms with Crippen molar-refractivity contribution in [3.8, 4) is 0 Å². The minimum Gasteiger partial charge on any atom is -0.357 e. The minimum absolute atomic E-state index is 0.286. The van der Waals surface area contributed by atoms with Crippen LogP contribution in [0.3, 0.4) is 0 Å². The summed E-state index contributed by atoms with van der Waals surface area (Å²) < 4.78 is 28.7. The van der Waals surface area contributed by atoms with Crippen molar-refractivity contribution >= 4 is 39.3 Å². The number of nitrogens with zero attached hydrogens (tertiary/aromatic N) is 4. The van der Waals surface area contributed by atoms with Gasteiger partial charge in [0, 0.05) is 6.54 Å². The average Bonchev–Trinajstić information content (AvgIpc) is 3.16. The predicted molar refractivity (Wildman–Crippen MR) is 93.9 cm³/mol. The smallest absolute Gasteiger partial charge is 0.320 e. The number of rotatable bonds is 7. The number of aromatic nitrogens is 4. The van der Waals surface area contributed by atoms with Gasteiger partial charge in [-0.25, -0.2) is 4.98 Å². The maximum absolute atomic E-state index is 13.5. The van der Waals surface area contributed by atoms with Crippen LogP contribution >= 0.6 is 23.1 Å². The van der Waals surface area contributed by atoms with Crippen molar-refractivity contribution in [1.29, 1.82) is 0 Å². The van der Waals surface area contributed by atoms with Crippen LogP contribution < -0.4 is 5.32 Å². The summed E-state index contributed by atoms with van der Waals surface area (Å²) in [5.41, 5.74) is 0.992. The third kappa shape index (κ3) is 3.41. The number of fused-ring (bicyclic) bond motifs is 1. The summed E-state index contributed by atoms with van der Waals surface area (Å²) in [5, 5.41) is 11.5. The van der Waals surface area contributed by atoms with Gasteiger partial charge in [-0.2, -0.15) is 8.78 Å². The lowest BCUT2D eigenvalue weighted by molar-refractivity contribution is 0.0715. The molecule has 5 nitrogen and oxygen atoms in total.